The molecule has 8 heteroatoms. The molecule has 2 N–H and O–H groups in total. The second kappa shape index (κ2) is 7.85. The molecule has 2 amide bonds. The fourth-order valence-corrected chi connectivity index (χ4v) is 6.07. The molecule has 2 aromatic carbocycles. The summed E-state index contributed by atoms with van der Waals surface area (Å²) in [5, 5.41) is 5.52. The molecule has 0 radical (unpaired) electrons. The molecule has 1 heterocycles. The van der Waals surface area contributed by atoms with Gasteiger partial charge in [0, 0.05) is 26.1 Å². The van der Waals surface area contributed by atoms with E-state index in [0.29, 0.717) is 19.4 Å². The highest BCUT2D eigenvalue weighted by Gasteiger charge is 2.65. The van der Waals surface area contributed by atoms with Crippen molar-refractivity contribution in [2.75, 3.05) is 13.6 Å². The number of rotatable bonds is 6. The molecule has 1 saturated carbocycles. The van der Waals surface area contributed by atoms with E-state index in [-0.39, 0.29) is 29.2 Å². The number of hydrogen-bond donors (Lipinski definition) is 2. The lowest BCUT2D eigenvalue weighted by Crippen LogP contribution is -2.44. The second-order valence-corrected chi connectivity index (χ2v) is 9.91. The van der Waals surface area contributed by atoms with Crippen LogP contribution in [-0.4, -0.2) is 44.2 Å². The van der Waals surface area contributed by atoms with Crippen molar-refractivity contribution in [2.45, 2.75) is 30.3 Å². The van der Waals surface area contributed by atoms with Crippen molar-refractivity contribution in [3.63, 3.8) is 0 Å². The minimum atomic E-state index is -3.84. The van der Waals surface area contributed by atoms with Crippen molar-refractivity contribution in [1.29, 1.82) is 0 Å². The van der Waals surface area contributed by atoms with Crippen molar-refractivity contribution >= 4 is 21.8 Å². The van der Waals surface area contributed by atoms with Gasteiger partial charge >= 0.3 is 0 Å². The molecule has 158 valence electrons. The molecule has 2 aliphatic rings. The average molecular weight is 428 g/mol. The normalized spacial score (nSPS) is 25.8. The van der Waals surface area contributed by atoms with Gasteiger partial charge < -0.3 is 10.6 Å². The molecule has 4 rings (SSSR count). The molecule has 0 bridgehead atoms. The van der Waals surface area contributed by atoms with Gasteiger partial charge in [0.05, 0.1) is 4.90 Å². The topological polar surface area (TPSA) is 95.6 Å². The fraction of sp³-hybridized carbons (Fsp3) is 0.364. The third kappa shape index (κ3) is 3.73. The maximum atomic E-state index is 13.2. The lowest BCUT2D eigenvalue weighted by atomic mass is 9.99. The molecule has 0 unspecified atom stereocenters. The zero-order valence-electron chi connectivity index (χ0n) is 16.7. The quantitative estimate of drug-likeness (QED) is 0.731. The number of hydrogen-bond acceptors (Lipinski definition) is 4. The van der Waals surface area contributed by atoms with Gasteiger partial charge in [-0.25, -0.2) is 8.42 Å². The van der Waals surface area contributed by atoms with Crippen LogP contribution in [0, 0.1) is 11.3 Å². The summed E-state index contributed by atoms with van der Waals surface area (Å²) in [4.78, 5) is 25.4. The molecular weight excluding hydrogens is 402 g/mol. The average Bonchev–Trinajstić information content (AvgIpc) is 3.33. The number of likely N-dealkylation sites (N-methyl/N-ethyl adjacent to an activating group) is 1. The Morgan fingerprint density at radius 3 is 2.27 bits per heavy atom. The fourth-order valence-electron chi connectivity index (χ4n) is 4.37. The third-order valence-electron chi connectivity index (χ3n) is 6.13. The first kappa shape index (κ1) is 20.6. The molecule has 1 spiro atoms. The van der Waals surface area contributed by atoms with Crippen LogP contribution in [0.2, 0.25) is 0 Å². The molecule has 0 aromatic heterocycles. The second-order valence-electron chi connectivity index (χ2n) is 8.02. The summed E-state index contributed by atoms with van der Waals surface area (Å²) in [6.07, 6.45) is 0.935. The van der Waals surface area contributed by atoms with Crippen LogP contribution < -0.4 is 10.6 Å². The molecule has 1 aliphatic carbocycles. The smallest absolute Gasteiger partial charge is 0.243 e. The summed E-state index contributed by atoms with van der Waals surface area (Å²) < 4.78 is 27.7. The molecule has 3 atom stereocenters. The number of carbonyl (C=O) groups is 2. The van der Waals surface area contributed by atoms with Gasteiger partial charge in [0.15, 0.2) is 0 Å². The lowest BCUT2D eigenvalue weighted by molar-refractivity contribution is -0.124. The number of carbonyl (C=O) groups excluding carboxylic acids is 2. The van der Waals surface area contributed by atoms with Gasteiger partial charge in [0.2, 0.25) is 21.8 Å². The summed E-state index contributed by atoms with van der Waals surface area (Å²) >= 11 is 0. The van der Waals surface area contributed by atoms with Crippen LogP contribution in [0.4, 0.5) is 0 Å². The van der Waals surface area contributed by atoms with E-state index in [1.165, 1.54) is 23.5 Å². The number of nitrogens with one attached hydrogen (secondary N) is 2. The summed E-state index contributed by atoms with van der Waals surface area (Å²) in [5.74, 6) is -0.723. The van der Waals surface area contributed by atoms with E-state index in [1.54, 1.807) is 18.2 Å². The lowest BCUT2D eigenvalue weighted by Gasteiger charge is -2.22. The number of amides is 2. The standard InChI is InChI=1S/C22H25N3O4S/c1-23-21(27)19-13-22(15-25(19)30(28,29)17-10-6-3-7-11-17)12-18(22)20(26)24-14-16-8-4-2-5-9-16/h2-11,18-19H,12-15H2,1H3,(H,23,27)(H,24,26)/t18-,19+,22+/m1/s1. The van der Waals surface area contributed by atoms with E-state index in [4.69, 9.17) is 0 Å². The van der Waals surface area contributed by atoms with E-state index < -0.39 is 21.5 Å². The molecule has 2 fully saturated rings. The van der Waals surface area contributed by atoms with E-state index in [9.17, 15) is 18.0 Å². The predicted octanol–water partition coefficient (Wildman–Crippen LogP) is 1.52. The predicted molar refractivity (Wildman–Crippen MR) is 112 cm³/mol. The first-order valence-corrected chi connectivity index (χ1v) is 11.4. The van der Waals surface area contributed by atoms with Crippen molar-refractivity contribution < 1.29 is 18.0 Å². The molecule has 30 heavy (non-hydrogen) atoms. The Hall–Kier alpha value is -2.71. The van der Waals surface area contributed by atoms with Gasteiger partial charge in [-0.3, -0.25) is 9.59 Å². The van der Waals surface area contributed by atoms with Gasteiger partial charge in [-0.05, 0) is 36.0 Å². The summed E-state index contributed by atoms with van der Waals surface area (Å²) in [6.45, 7) is 0.600. The first-order valence-electron chi connectivity index (χ1n) is 9.97. The number of sulfonamides is 1. The SMILES string of the molecule is CNC(=O)[C@@H]1C[C@@]2(C[C@@H]2C(=O)NCc2ccccc2)CN1S(=O)(=O)c1ccccc1. The Kier molecular flexibility index (Phi) is 5.38. The van der Waals surface area contributed by atoms with E-state index in [2.05, 4.69) is 10.6 Å². The molecule has 2 aromatic rings. The number of nitrogens with zero attached hydrogens (tertiary/aromatic N) is 1. The minimum absolute atomic E-state index is 0.0894. The maximum absolute atomic E-state index is 13.2. The summed E-state index contributed by atoms with van der Waals surface area (Å²) in [5.41, 5.74) is 0.517. The van der Waals surface area contributed by atoms with Gasteiger partial charge in [-0.1, -0.05) is 48.5 Å². The largest absolute Gasteiger partial charge is 0.358 e. The Balaban J connectivity index is 1.51. The number of benzene rings is 2. The molecule has 7 nitrogen and oxygen atoms in total. The Labute approximate surface area is 176 Å². The monoisotopic (exact) mass is 427 g/mol. The Morgan fingerprint density at radius 1 is 1.00 bits per heavy atom. The Bertz CT molecular complexity index is 1040. The van der Waals surface area contributed by atoms with Gasteiger partial charge in [-0.2, -0.15) is 4.31 Å². The van der Waals surface area contributed by atoms with Crippen LogP contribution >= 0.6 is 0 Å². The molecule has 1 saturated heterocycles. The van der Waals surface area contributed by atoms with Gasteiger partial charge in [0.1, 0.15) is 6.04 Å². The van der Waals surface area contributed by atoms with Gasteiger partial charge in [0.25, 0.3) is 0 Å². The van der Waals surface area contributed by atoms with Crippen LogP contribution in [0.15, 0.2) is 65.6 Å². The summed E-state index contributed by atoms with van der Waals surface area (Å²) in [7, 11) is -2.34. The van der Waals surface area contributed by atoms with Crippen molar-refractivity contribution in [2.24, 2.45) is 11.3 Å². The van der Waals surface area contributed by atoms with Crippen LogP contribution in [0.3, 0.4) is 0 Å². The molecular formula is C22H25N3O4S. The highest BCUT2D eigenvalue weighted by molar-refractivity contribution is 7.89. The maximum Gasteiger partial charge on any atom is 0.243 e. The Morgan fingerprint density at radius 2 is 1.63 bits per heavy atom. The zero-order chi connectivity index (χ0) is 21.4. The van der Waals surface area contributed by atoms with Crippen LogP contribution in [-0.2, 0) is 26.2 Å². The van der Waals surface area contributed by atoms with E-state index >= 15 is 0 Å². The summed E-state index contributed by atoms with van der Waals surface area (Å²) in [6, 6.07) is 16.9. The van der Waals surface area contributed by atoms with Crippen LogP contribution in [0.5, 0.6) is 0 Å². The van der Waals surface area contributed by atoms with E-state index in [0.717, 1.165) is 5.56 Å². The van der Waals surface area contributed by atoms with Gasteiger partial charge in [-0.15, -0.1) is 0 Å². The zero-order valence-corrected chi connectivity index (χ0v) is 17.6. The van der Waals surface area contributed by atoms with Crippen molar-refractivity contribution in [3.05, 3.63) is 66.2 Å². The van der Waals surface area contributed by atoms with Crippen molar-refractivity contribution in [3.8, 4) is 0 Å². The van der Waals surface area contributed by atoms with Crippen molar-refractivity contribution in [1.82, 2.24) is 14.9 Å². The highest BCUT2D eigenvalue weighted by Crippen LogP contribution is 2.61. The highest BCUT2D eigenvalue weighted by atomic mass is 32.2. The van der Waals surface area contributed by atoms with E-state index in [1.807, 2.05) is 30.3 Å². The minimum Gasteiger partial charge on any atom is -0.358 e. The molecule has 1 aliphatic heterocycles. The third-order valence-corrected chi connectivity index (χ3v) is 8.00. The van der Waals surface area contributed by atoms with Crippen LogP contribution in [0.25, 0.3) is 0 Å². The first-order chi connectivity index (χ1) is 14.4. The van der Waals surface area contributed by atoms with Crippen LogP contribution in [0.1, 0.15) is 18.4 Å².